The van der Waals surface area contributed by atoms with Crippen LogP contribution in [0.3, 0.4) is 0 Å². The van der Waals surface area contributed by atoms with E-state index in [0.29, 0.717) is 5.75 Å². The second-order valence-corrected chi connectivity index (χ2v) is 3.74. The average molecular weight is 240 g/mol. The number of ether oxygens (including phenoxy) is 2. The number of hydrogen-bond acceptors (Lipinski definition) is 7. The van der Waals surface area contributed by atoms with E-state index in [2.05, 4.69) is 12.6 Å². The van der Waals surface area contributed by atoms with Gasteiger partial charge in [-0.3, -0.25) is 0 Å². The second kappa shape index (κ2) is 6.00. The zero-order valence-electron chi connectivity index (χ0n) is 8.06. The molecular weight excluding hydrogens is 224 g/mol. The van der Waals surface area contributed by atoms with Crippen LogP contribution in [0.5, 0.6) is 0 Å². The average Bonchev–Trinajstić information content (AvgIpc) is 2.25. The van der Waals surface area contributed by atoms with Gasteiger partial charge in [-0.1, -0.05) is 0 Å². The van der Waals surface area contributed by atoms with Gasteiger partial charge in [-0.15, -0.1) is 0 Å². The largest absolute Gasteiger partial charge is 0.394 e. The Labute approximate surface area is 92.8 Å². The fourth-order valence-corrected chi connectivity index (χ4v) is 1.48. The van der Waals surface area contributed by atoms with E-state index in [9.17, 15) is 15.3 Å². The van der Waals surface area contributed by atoms with E-state index in [1.165, 1.54) is 0 Å². The van der Waals surface area contributed by atoms with E-state index in [-0.39, 0.29) is 6.61 Å². The standard InChI is InChI=1S/C8H16O6S/c9-3-4-5(10)6(11)7(12)8(14-4)13-1-2-15/h4-12,15H,1-3H2/t4-,5-,6+,7-,8?/m1/s1. The zero-order valence-corrected chi connectivity index (χ0v) is 8.96. The van der Waals surface area contributed by atoms with Crippen molar-refractivity contribution in [3.63, 3.8) is 0 Å². The Morgan fingerprint density at radius 2 is 1.80 bits per heavy atom. The fraction of sp³-hybridized carbons (Fsp3) is 1.00. The molecule has 1 aliphatic rings. The van der Waals surface area contributed by atoms with Crippen LogP contribution in [0.25, 0.3) is 0 Å². The summed E-state index contributed by atoms with van der Waals surface area (Å²) in [4.78, 5) is 0. The van der Waals surface area contributed by atoms with Crippen molar-refractivity contribution in [3.05, 3.63) is 0 Å². The topological polar surface area (TPSA) is 99.4 Å². The monoisotopic (exact) mass is 240 g/mol. The van der Waals surface area contributed by atoms with Crippen molar-refractivity contribution in [3.8, 4) is 0 Å². The minimum Gasteiger partial charge on any atom is -0.394 e. The molecule has 1 heterocycles. The molecule has 0 amide bonds. The van der Waals surface area contributed by atoms with Gasteiger partial charge in [0.25, 0.3) is 0 Å². The fourth-order valence-electron chi connectivity index (χ4n) is 1.37. The molecule has 0 saturated carbocycles. The van der Waals surface area contributed by atoms with Crippen molar-refractivity contribution in [2.75, 3.05) is 19.0 Å². The van der Waals surface area contributed by atoms with Gasteiger partial charge in [-0.25, -0.2) is 0 Å². The molecule has 0 radical (unpaired) electrons. The Balaban J connectivity index is 2.57. The summed E-state index contributed by atoms with van der Waals surface area (Å²) in [5.74, 6) is 0.440. The van der Waals surface area contributed by atoms with Crippen molar-refractivity contribution in [2.45, 2.75) is 30.7 Å². The molecule has 5 atom stereocenters. The first-order valence-electron chi connectivity index (χ1n) is 4.64. The Hall–Kier alpha value is 0.110. The normalized spacial score (nSPS) is 41.8. The van der Waals surface area contributed by atoms with E-state index in [1.54, 1.807) is 0 Å². The maximum absolute atomic E-state index is 9.48. The van der Waals surface area contributed by atoms with Crippen molar-refractivity contribution >= 4 is 12.6 Å². The van der Waals surface area contributed by atoms with Gasteiger partial charge >= 0.3 is 0 Å². The van der Waals surface area contributed by atoms with Gasteiger partial charge < -0.3 is 29.9 Å². The third kappa shape index (κ3) is 3.04. The number of aliphatic hydroxyl groups is 4. The van der Waals surface area contributed by atoms with Gasteiger partial charge in [-0.2, -0.15) is 12.6 Å². The molecule has 1 aliphatic heterocycles. The summed E-state index contributed by atoms with van der Waals surface area (Å²) >= 11 is 3.91. The lowest BCUT2D eigenvalue weighted by Crippen LogP contribution is -2.59. The summed E-state index contributed by atoms with van der Waals surface area (Å²) in [5.41, 5.74) is 0. The highest BCUT2D eigenvalue weighted by atomic mass is 32.1. The van der Waals surface area contributed by atoms with Crippen LogP contribution in [0.15, 0.2) is 0 Å². The molecule has 0 aromatic heterocycles. The summed E-state index contributed by atoms with van der Waals surface area (Å²) in [6, 6.07) is 0. The highest BCUT2D eigenvalue weighted by Crippen LogP contribution is 2.21. The summed E-state index contributed by atoms with van der Waals surface area (Å²) in [6.07, 6.45) is -6.04. The maximum atomic E-state index is 9.48. The molecular formula is C8H16O6S. The predicted molar refractivity (Wildman–Crippen MR) is 53.6 cm³/mol. The molecule has 90 valence electrons. The predicted octanol–water partition coefficient (Wildman–Crippen LogP) is -2.27. The third-order valence-electron chi connectivity index (χ3n) is 2.22. The Morgan fingerprint density at radius 1 is 1.13 bits per heavy atom. The van der Waals surface area contributed by atoms with Gasteiger partial charge in [0.2, 0.25) is 0 Å². The van der Waals surface area contributed by atoms with Gasteiger partial charge in [-0.05, 0) is 0 Å². The van der Waals surface area contributed by atoms with Crippen molar-refractivity contribution in [1.82, 2.24) is 0 Å². The number of thiol groups is 1. The van der Waals surface area contributed by atoms with Crippen molar-refractivity contribution < 1.29 is 29.9 Å². The minimum absolute atomic E-state index is 0.242. The molecule has 15 heavy (non-hydrogen) atoms. The van der Waals surface area contributed by atoms with E-state index in [0.717, 1.165) is 0 Å². The van der Waals surface area contributed by atoms with Crippen LogP contribution < -0.4 is 0 Å². The molecule has 0 aromatic carbocycles. The van der Waals surface area contributed by atoms with E-state index < -0.39 is 37.3 Å². The third-order valence-corrected chi connectivity index (χ3v) is 2.40. The molecule has 0 aliphatic carbocycles. The Morgan fingerprint density at radius 3 is 2.33 bits per heavy atom. The molecule has 1 saturated heterocycles. The van der Waals surface area contributed by atoms with Crippen LogP contribution in [-0.2, 0) is 9.47 Å². The van der Waals surface area contributed by atoms with Crippen LogP contribution in [0.1, 0.15) is 0 Å². The number of rotatable bonds is 4. The highest BCUT2D eigenvalue weighted by Gasteiger charge is 2.43. The van der Waals surface area contributed by atoms with Gasteiger partial charge in [0, 0.05) is 5.75 Å². The van der Waals surface area contributed by atoms with Gasteiger partial charge in [0.15, 0.2) is 6.29 Å². The molecule has 6 nitrogen and oxygen atoms in total. The molecule has 0 spiro atoms. The lowest BCUT2D eigenvalue weighted by atomic mass is 9.99. The molecule has 1 rings (SSSR count). The molecule has 7 heteroatoms. The first-order chi connectivity index (χ1) is 7.11. The summed E-state index contributed by atoms with van der Waals surface area (Å²) in [5, 5.41) is 37.2. The molecule has 1 fully saturated rings. The molecule has 4 N–H and O–H groups in total. The van der Waals surface area contributed by atoms with Crippen molar-refractivity contribution in [1.29, 1.82) is 0 Å². The number of aliphatic hydroxyl groups excluding tert-OH is 4. The SMILES string of the molecule is OC[C@H]1OC(OCCS)[C@H](O)[C@@H](O)[C@@H]1O. The summed E-state index contributed by atoms with van der Waals surface area (Å²) < 4.78 is 10.1. The van der Waals surface area contributed by atoms with E-state index >= 15 is 0 Å². The Bertz CT molecular complexity index is 190. The first kappa shape index (κ1) is 13.2. The van der Waals surface area contributed by atoms with Crippen LogP contribution in [0.4, 0.5) is 0 Å². The van der Waals surface area contributed by atoms with Gasteiger partial charge in [0.05, 0.1) is 13.2 Å². The first-order valence-corrected chi connectivity index (χ1v) is 5.28. The quantitative estimate of drug-likeness (QED) is 0.355. The minimum atomic E-state index is -1.39. The smallest absolute Gasteiger partial charge is 0.186 e. The molecule has 0 bridgehead atoms. The maximum Gasteiger partial charge on any atom is 0.186 e. The number of hydrogen-bond donors (Lipinski definition) is 5. The van der Waals surface area contributed by atoms with Crippen LogP contribution in [0.2, 0.25) is 0 Å². The molecule has 0 aromatic rings. The van der Waals surface area contributed by atoms with Crippen LogP contribution >= 0.6 is 12.6 Å². The van der Waals surface area contributed by atoms with E-state index in [1.807, 2.05) is 0 Å². The highest BCUT2D eigenvalue weighted by molar-refractivity contribution is 7.80. The molecule has 1 unspecified atom stereocenters. The zero-order chi connectivity index (χ0) is 11.4. The van der Waals surface area contributed by atoms with Crippen LogP contribution in [0, 0.1) is 0 Å². The van der Waals surface area contributed by atoms with E-state index in [4.69, 9.17) is 14.6 Å². The summed E-state index contributed by atoms with van der Waals surface area (Å²) in [6.45, 7) is -0.211. The Kier molecular flexibility index (Phi) is 5.27. The lowest BCUT2D eigenvalue weighted by molar-refractivity contribution is -0.299. The summed E-state index contributed by atoms with van der Waals surface area (Å²) in [7, 11) is 0. The van der Waals surface area contributed by atoms with Crippen molar-refractivity contribution in [2.24, 2.45) is 0 Å². The van der Waals surface area contributed by atoms with Crippen LogP contribution in [-0.4, -0.2) is 70.1 Å². The lowest BCUT2D eigenvalue weighted by Gasteiger charge is -2.39. The second-order valence-electron chi connectivity index (χ2n) is 3.29. The van der Waals surface area contributed by atoms with Gasteiger partial charge in [0.1, 0.15) is 24.4 Å².